The summed E-state index contributed by atoms with van der Waals surface area (Å²) >= 11 is 11.7. The second kappa shape index (κ2) is 6.75. The first-order valence-electron chi connectivity index (χ1n) is 6.13. The number of alkyl halides is 2. The van der Waals surface area contributed by atoms with Gasteiger partial charge in [-0.3, -0.25) is 0 Å². The van der Waals surface area contributed by atoms with E-state index in [0.717, 1.165) is 19.4 Å². The van der Waals surface area contributed by atoms with Crippen LogP contribution in [0.2, 0.25) is 0 Å². The maximum atomic E-state index is 11.5. The molecule has 4 nitrogen and oxygen atoms in total. The molecule has 1 N–H and O–H groups in total. The lowest BCUT2D eigenvalue weighted by molar-refractivity contribution is 0.247. The number of hydrogen-bond donors (Lipinski definition) is 1. The van der Waals surface area contributed by atoms with E-state index < -0.39 is 10.0 Å². The zero-order chi connectivity index (χ0) is 13.8. The summed E-state index contributed by atoms with van der Waals surface area (Å²) < 4.78 is 24.6. The number of rotatable bonds is 6. The Labute approximate surface area is 120 Å². The number of nitrogens with zero attached hydrogens (tertiary/aromatic N) is 1. The third-order valence-electron chi connectivity index (χ3n) is 3.36. The molecule has 0 aromatic carbocycles. The number of sulfonamides is 1. The van der Waals surface area contributed by atoms with Crippen molar-refractivity contribution in [1.29, 1.82) is 0 Å². The Kier molecular flexibility index (Phi) is 6.19. The van der Waals surface area contributed by atoms with Gasteiger partial charge in [0.2, 0.25) is 10.0 Å². The number of piperidine rings is 1. The van der Waals surface area contributed by atoms with E-state index >= 15 is 0 Å². The summed E-state index contributed by atoms with van der Waals surface area (Å²) in [6.07, 6.45) is 3.22. The molecular formula is C11H22Cl2N2O2S. The van der Waals surface area contributed by atoms with Crippen LogP contribution in [0, 0.1) is 5.92 Å². The molecule has 18 heavy (non-hydrogen) atoms. The molecule has 0 amide bonds. The van der Waals surface area contributed by atoms with E-state index in [0.29, 0.717) is 30.8 Å². The van der Waals surface area contributed by atoms with Crippen LogP contribution in [0.5, 0.6) is 0 Å². The Bertz CT molecular complexity index is 358. The van der Waals surface area contributed by atoms with Crippen molar-refractivity contribution >= 4 is 33.2 Å². The predicted molar refractivity (Wildman–Crippen MR) is 77.0 cm³/mol. The molecule has 1 aliphatic rings. The summed E-state index contributed by atoms with van der Waals surface area (Å²) in [4.78, 5) is 0. The van der Waals surface area contributed by atoms with E-state index in [-0.39, 0.29) is 5.54 Å². The fraction of sp³-hybridized carbons (Fsp3) is 1.00. The van der Waals surface area contributed by atoms with E-state index in [1.807, 2.05) is 6.92 Å². The first kappa shape index (κ1) is 16.5. The first-order valence-corrected chi connectivity index (χ1v) is 9.04. The maximum Gasteiger partial charge on any atom is 0.211 e. The minimum atomic E-state index is -3.07. The fourth-order valence-corrected chi connectivity index (χ4v) is 3.43. The Hall–Kier alpha value is 0.450. The quantitative estimate of drug-likeness (QED) is 0.755. The highest BCUT2D eigenvalue weighted by atomic mass is 35.5. The van der Waals surface area contributed by atoms with Crippen molar-refractivity contribution < 1.29 is 8.42 Å². The van der Waals surface area contributed by atoms with Gasteiger partial charge in [-0.25, -0.2) is 12.7 Å². The number of nitrogens with one attached hydrogen (secondary N) is 1. The maximum absolute atomic E-state index is 11.5. The van der Waals surface area contributed by atoms with Crippen LogP contribution < -0.4 is 5.32 Å². The molecule has 1 saturated heterocycles. The molecule has 0 spiro atoms. The third-order valence-corrected chi connectivity index (χ3v) is 5.81. The number of hydrogen-bond acceptors (Lipinski definition) is 3. The smallest absolute Gasteiger partial charge is 0.211 e. The van der Waals surface area contributed by atoms with E-state index in [2.05, 4.69) is 5.32 Å². The van der Waals surface area contributed by atoms with E-state index in [4.69, 9.17) is 23.2 Å². The van der Waals surface area contributed by atoms with Crippen molar-refractivity contribution in [2.45, 2.75) is 25.3 Å². The van der Waals surface area contributed by atoms with Crippen molar-refractivity contribution in [2.24, 2.45) is 5.92 Å². The minimum Gasteiger partial charge on any atom is -0.309 e. The van der Waals surface area contributed by atoms with Crippen molar-refractivity contribution in [3.8, 4) is 0 Å². The highest BCUT2D eigenvalue weighted by molar-refractivity contribution is 7.88. The van der Waals surface area contributed by atoms with Gasteiger partial charge in [-0.15, -0.1) is 23.2 Å². The molecule has 0 aromatic heterocycles. The molecule has 7 heteroatoms. The lowest BCUT2D eigenvalue weighted by Crippen LogP contribution is -2.50. The molecule has 0 saturated carbocycles. The fourth-order valence-electron chi connectivity index (χ4n) is 2.02. The summed E-state index contributed by atoms with van der Waals surface area (Å²) in [5, 5.41) is 3.35. The highest BCUT2D eigenvalue weighted by Crippen LogP contribution is 2.19. The Morgan fingerprint density at radius 2 is 2.00 bits per heavy atom. The Morgan fingerprint density at radius 3 is 2.50 bits per heavy atom. The average molecular weight is 317 g/mol. The topological polar surface area (TPSA) is 49.4 Å². The largest absolute Gasteiger partial charge is 0.309 e. The van der Waals surface area contributed by atoms with Gasteiger partial charge < -0.3 is 5.32 Å². The molecule has 1 aliphatic heterocycles. The molecule has 1 atom stereocenters. The SMILES string of the molecule is CC(CCl)(CCl)NCC1CCCN(S(C)(=O)=O)C1. The van der Waals surface area contributed by atoms with Crippen molar-refractivity contribution in [3.05, 3.63) is 0 Å². The highest BCUT2D eigenvalue weighted by Gasteiger charge is 2.28. The molecule has 1 heterocycles. The summed E-state index contributed by atoms with van der Waals surface area (Å²) in [5.74, 6) is 1.22. The molecule has 1 unspecified atom stereocenters. The number of halogens is 2. The molecule has 1 rings (SSSR count). The summed E-state index contributed by atoms with van der Waals surface area (Å²) in [6.45, 7) is 3.95. The van der Waals surface area contributed by atoms with E-state index in [1.165, 1.54) is 6.26 Å². The third kappa shape index (κ3) is 4.85. The zero-order valence-corrected chi connectivity index (χ0v) is 13.3. The van der Waals surface area contributed by atoms with Gasteiger partial charge in [0, 0.05) is 30.4 Å². The van der Waals surface area contributed by atoms with E-state index in [9.17, 15) is 8.42 Å². The zero-order valence-electron chi connectivity index (χ0n) is 11.0. The van der Waals surface area contributed by atoms with Crippen LogP contribution in [0.1, 0.15) is 19.8 Å². The molecule has 108 valence electrons. The van der Waals surface area contributed by atoms with Gasteiger partial charge in [0.1, 0.15) is 0 Å². The van der Waals surface area contributed by atoms with Crippen molar-refractivity contribution in [2.75, 3.05) is 37.7 Å². The second-order valence-electron chi connectivity index (χ2n) is 5.34. The van der Waals surface area contributed by atoms with Gasteiger partial charge in [-0.2, -0.15) is 0 Å². The van der Waals surface area contributed by atoms with Crippen LogP contribution in [-0.4, -0.2) is 55.9 Å². The monoisotopic (exact) mass is 316 g/mol. The molecule has 0 aromatic rings. The van der Waals surface area contributed by atoms with Crippen LogP contribution in [0.3, 0.4) is 0 Å². The standard InChI is InChI=1S/C11H22Cl2N2O2S/c1-11(8-12,9-13)14-6-10-4-3-5-15(7-10)18(2,16)17/h10,14H,3-9H2,1-2H3. The first-order chi connectivity index (χ1) is 8.30. The van der Waals surface area contributed by atoms with Gasteiger partial charge >= 0.3 is 0 Å². The molecule has 0 radical (unpaired) electrons. The van der Waals surface area contributed by atoms with Crippen LogP contribution in [0.4, 0.5) is 0 Å². The molecule has 0 bridgehead atoms. The normalized spacial score (nSPS) is 23.2. The van der Waals surface area contributed by atoms with Crippen LogP contribution >= 0.6 is 23.2 Å². The molecular weight excluding hydrogens is 295 g/mol. The van der Waals surface area contributed by atoms with Crippen molar-refractivity contribution in [1.82, 2.24) is 9.62 Å². The average Bonchev–Trinajstić information content (AvgIpc) is 2.35. The van der Waals surface area contributed by atoms with Gasteiger partial charge in [0.05, 0.1) is 6.26 Å². The van der Waals surface area contributed by atoms with Crippen LogP contribution in [-0.2, 0) is 10.0 Å². The summed E-state index contributed by atoms with van der Waals surface area (Å²) in [5.41, 5.74) is -0.281. The summed E-state index contributed by atoms with van der Waals surface area (Å²) in [7, 11) is -3.07. The van der Waals surface area contributed by atoms with Gasteiger partial charge in [0.25, 0.3) is 0 Å². The van der Waals surface area contributed by atoms with Gasteiger partial charge in [-0.05, 0) is 32.2 Å². The van der Waals surface area contributed by atoms with E-state index in [1.54, 1.807) is 4.31 Å². The lowest BCUT2D eigenvalue weighted by atomic mass is 9.98. The second-order valence-corrected chi connectivity index (χ2v) is 7.86. The van der Waals surface area contributed by atoms with Crippen LogP contribution in [0.15, 0.2) is 0 Å². The minimum absolute atomic E-state index is 0.281. The van der Waals surface area contributed by atoms with Gasteiger partial charge in [0.15, 0.2) is 0 Å². The van der Waals surface area contributed by atoms with Gasteiger partial charge in [-0.1, -0.05) is 0 Å². The lowest BCUT2D eigenvalue weighted by Gasteiger charge is -2.34. The van der Waals surface area contributed by atoms with Crippen LogP contribution in [0.25, 0.3) is 0 Å². The summed E-state index contributed by atoms with van der Waals surface area (Å²) in [6, 6.07) is 0. The Balaban J connectivity index is 2.49. The van der Waals surface area contributed by atoms with Crippen molar-refractivity contribution in [3.63, 3.8) is 0 Å². The predicted octanol–water partition coefficient (Wildman–Crippen LogP) is 1.48. The molecule has 1 fully saturated rings. The Morgan fingerprint density at radius 1 is 1.39 bits per heavy atom. The molecule has 0 aliphatic carbocycles.